The van der Waals surface area contributed by atoms with Gasteiger partial charge in [-0.15, -0.1) is 0 Å². The van der Waals surface area contributed by atoms with Crippen LogP contribution in [0.5, 0.6) is 0 Å². The molecule has 0 saturated heterocycles. The lowest BCUT2D eigenvalue weighted by Gasteiger charge is -2.34. The number of aromatic nitrogens is 1. The van der Waals surface area contributed by atoms with Crippen molar-refractivity contribution < 1.29 is 14.5 Å². The van der Waals surface area contributed by atoms with Crippen LogP contribution in [0.25, 0.3) is 0 Å². The van der Waals surface area contributed by atoms with Gasteiger partial charge >= 0.3 is 0 Å². The molecule has 0 saturated carbocycles. The molecule has 1 aromatic carbocycles. The quantitative estimate of drug-likeness (QED) is 0.615. The molecule has 152 valence electrons. The van der Waals surface area contributed by atoms with Crippen LogP contribution in [0.3, 0.4) is 0 Å². The van der Waals surface area contributed by atoms with Crippen molar-refractivity contribution in [2.24, 2.45) is 10.9 Å². The van der Waals surface area contributed by atoms with E-state index in [1.54, 1.807) is 43.6 Å². The van der Waals surface area contributed by atoms with E-state index >= 15 is 0 Å². The van der Waals surface area contributed by atoms with Crippen molar-refractivity contribution >= 4 is 28.8 Å². The Bertz CT molecular complexity index is 1070. The summed E-state index contributed by atoms with van der Waals surface area (Å²) in [6.45, 7) is 1.79. The van der Waals surface area contributed by atoms with Crippen LogP contribution in [0.1, 0.15) is 37.7 Å². The second-order valence-electron chi connectivity index (χ2n) is 7.43. The van der Waals surface area contributed by atoms with Gasteiger partial charge in [0, 0.05) is 47.7 Å². The Hall–Kier alpha value is -3.68. The van der Waals surface area contributed by atoms with Crippen molar-refractivity contribution in [2.45, 2.75) is 32.1 Å². The fourth-order valence-electron chi connectivity index (χ4n) is 4.17. The molecule has 0 radical (unpaired) electrons. The van der Waals surface area contributed by atoms with Crippen molar-refractivity contribution in [1.29, 1.82) is 0 Å². The molecule has 8 heteroatoms. The molecule has 1 aliphatic heterocycles. The normalized spacial score (nSPS) is 21.0. The molecule has 1 N–H and O–H groups in total. The molecular weight excluding hydrogens is 384 g/mol. The van der Waals surface area contributed by atoms with Crippen LogP contribution in [0.15, 0.2) is 65.1 Å². The molecular formula is C22H20N4O4. The van der Waals surface area contributed by atoms with E-state index in [0.29, 0.717) is 35.4 Å². The van der Waals surface area contributed by atoms with Gasteiger partial charge < -0.3 is 5.32 Å². The molecule has 2 atom stereocenters. The number of benzene rings is 1. The molecule has 1 aliphatic carbocycles. The van der Waals surface area contributed by atoms with Crippen molar-refractivity contribution in [3.63, 3.8) is 0 Å². The van der Waals surface area contributed by atoms with E-state index in [1.165, 1.54) is 12.1 Å². The summed E-state index contributed by atoms with van der Waals surface area (Å²) in [6, 6.07) is 9.50. The Morgan fingerprint density at radius 1 is 1.20 bits per heavy atom. The van der Waals surface area contributed by atoms with Gasteiger partial charge in [0.05, 0.1) is 22.7 Å². The lowest BCUT2D eigenvalue weighted by Crippen LogP contribution is -2.39. The topological polar surface area (TPSA) is 115 Å². The van der Waals surface area contributed by atoms with Gasteiger partial charge in [0.25, 0.3) is 5.69 Å². The van der Waals surface area contributed by atoms with Crippen LogP contribution in [0, 0.1) is 16.0 Å². The first kappa shape index (κ1) is 19.6. The zero-order chi connectivity index (χ0) is 21.3. The molecule has 30 heavy (non-hydrogen) atoms. The molecule has 8 nitrogen and oxygen atoms in total. The zero-order valence-electron chi connectivity index (χ0n) is 16.4. The summed E-state index contributed by atoms with van der Waals surface area (Å²) in [5, 5.41) is 13.9. The number of amides is 1. The molecule has 1 aromatic heterocycles. The number of allylic oxidation sites excluding steroid dienone is 2. The first-order valence-corrected chi connectivity index (χ1v) is 9.72. The number of non-ortho nitro benzene ring substituents is 1. The van der Waals surface area contributed by atoms with Gasteiger partial charge in [0.2, 0.25) is 5.91 Å². The number of anilines is 1. The van der Waals surface area contributed by atoms with Crippen molar-refractivity contribution in [1.82, 2.24) is 4.98 Å². The average Bonchev–Trinajstić information content (AvgIpc) is 2.73. The minimum atomic E-state index is -0.701. The van der Waals surface area contributed by atoms with Gasteiger partial charge in [-0.3, -0.25) is 29.7 Å². The van der Waals surface area contributed by atoms with E-state index in [0.717, 1.165) is 12.1 Å². The Morgan fingerprint density at radius 3 is 2.63 bits per heavy atom. The lowest BCUT2D eigenvalue weighted by atomic mass is 9.71. The molecule has 2 heterocycles. The maximum absolute atomic E-state index is 13.3. The highest BCUT2D eigenvalue weighted by Crippen LogP contribution is 2.43. The summed E-state index contributed by atoms with van der Waals surface area (Å²) in [7, 11) is 0. The van der Waals surface area contributed by atoms with Crippen LogP contribution in [0.4, 0.5) is 11.4 Å². The number of aliphatic imine (C=N–C) groups is 1. The minimum absolute atomic E-state index is 0.0185. The standard InChI is InChI=1S/C22H20N4O4/c1-13-19(22(28)25-15-4-3-11-23-12-15)20(14-7-9-16(10-8-14)26(29)30)21-17(24-13)5-2-6-18(21)27/h3-4,7-12,19-20H,2,5-6H2,1H3,(H,25,28)/t19?,20-/m1/s1. The highest BCUT2D eigenvalue weighted by Gasteiger charge is 2.42. The number of rotatable bonds is 4. The smallest absolute Gasteiger partial charge is 0.269 e. The fourth-order valence-corrected chi connectivity index (χ4v) is 4.17. The number of nitro groups is 1. The minimum Gasteiger partial charge on any atom is -0.324 e. The predicted octanol–water partition coefficient (Wildman–Crippen LogP) is 3.81. The SMILES string of the molecule is CC1=NC2=C(C(=O)CCC2)[C@H](c2ccc([N+](=O)[O-])cc2)C1C(=O)Nc1cccnc1. The van der Waals surface area contributed by atoms with Crippen molar-refractivity contribution in [3.05, 3.63) is 75.7 Å². The number of carbonyl (C=O) groups is 2. The monoisotopic (exact) mass is 404 g/mol. The summed E-state index contributed by atoms with van der Waals surface area (Å²) in [5.41, 5.74) is 3.08. The summed E-state index contributed by atoms with van der Waals surface area (Å²) in [5.74, 6) is -1.55. The van der Waals surface area contributed by atoms with Gasteiger partial charge in [-0.1, -0.05) is 12.1 Å². The fraction of sp³-hybridized carbons (Fsp3) is 0.273. The highest BCUT2D eigenvalue weighted by atomic mass is 16.6. The number of nitrogens with one attached hydrogen (secondary N) is 1. The summed E-state index contributed by atoms with van der Waals surface area (Å²) < 4.78 is 0. The van der Waals surface area contributed by atoms with Crippen LogP contribution >= 0.6 is 0 Å². The summed E-state index contributed by atoms with van der Waals surface area (Å²) >= 11 is 0. The highest BCUT2D eigenvalue weighted by molar-refractivity contribution is 6.13. The van der Waals surface area contributed by atoms with Crippen LogP contribution < -0.4 is 5.32 Å². The molecule has 1 amide bonds. The maximum Gasteiger partial charge on any atom is 0.269 e. The third-order valence-corrected chi connectivity index (χ3v) is 5.51. The van der Waals surface area contributed by atoms with Crippen molar-refractivity contribution in [3.8, 4) is 0 Å². The number of Topliss-reactive ketones (excluding diaryl/α,β-unsaturated/α-hetero) is 1. The van der Waals surface area contributed by atoms with E-state index in [4.69, 9.17) is 0 Å². The Kier molecular flexibility index (Phi) is 5.22. The van der Waals surface area contributed by atoms with E-state index in [1.807, 2.05) is 0 Å². The number of nitro benzene ring substituents is 1. The molecule has 0 fully saturated rings. The second-order valence-corrected chi connectivity index (χ2v) is 7.43. The third kappa shape index (κ3) is 3.63. The molecule has 2 aromatic rings. The lowest BCUT2D eigenvalue weighted by molar-refractivity contribution is -0.384. The molecule has 0 spiro atoms. The number of carbonyl (C=O) groups excluding carboxylic acids is 2. The Morgan fingerprint density at radius 2 is 1.97 bits per heavy atom. The van der Waals surface area contributed by atoms with Crippen molar-refractivity contribution in [2.75, 3.05) is 5.32 Å². The zero-order valence-corrected chi connectivity index (χ0v) is 16.4. The molecule has 1 unspecified atom stereocenters. The Balaban J connectivity index is 1.78. The van der Waals surface area contributed by atoms with Gasteiger partial charge in [0.1, 0.15) is 0 Å². The first-order valence-electron chi connectivity index (χ1n) is 9.72. The van der Waals surface area contributed by atoms with Gasteiger partial charge in [-0.2, -0.15) is 0 Å². The number of hydrogen-bond acceptors (Lipinski definition) is 6. The van der Waals surface area contributed by atoms with Gasteiger partial charge in [0.15, 0.2) is 5.78 Å². The Labute approximate surface area is 172 Å². The van der Waals surface area contributed by atoms with Crippen LogP contribution in [0.2, 0.25) is 0 Å². The van der Waals surface area contributed by atoms with E-state index < -0.39 is 16.8 Å². The summed E-state index contributed by atoms with van der Waals surface area (Å²) in [6.07, 6.45) is 4.98. The largest absolute Gasteiger partial charge is 0.324 e. The van der Waals surface area contributed by atoms with Gasteiger partial charge in [-0.25, -0.2) is 0 Å². The van der Waals surface area contributed by atoms with E-state index in [-0.39, 0.29) is 17.4 Å². The van der Waals surface area contributed by atoms with Gasteiger partial charge in [-0.05, 0) is 37.5 Å². The number of pyridine rings is 1. The van der Waals surface area contributed by atoms with Crippen LogP contribution in [-0.4, -0.2) is 27.3 Å². The number of hydrogen-bond donors (Lipinski definition) is 1. The third-order valence-electron chi connectivity index (χ3n) is 5.51. The molecule has 4 rings (SSSR count). The van der Waals surface area contributed by atoms with Crippen LogP contribution in [-0.2, 0) is 9.59 Å². The van der Waals surface area contributed by atoms with E-state index in [2.05, 4.69) is 15.3 Å². The number of nitrogens with zero attached hydrogens (tertiary/aromatic N) is 3. The first-order chi connectivity index (χ1) is 14.5. The summed E-state index contributed by atoms with van der Waals surface area (Å²) in [4.78, 5) is 45.3. The maximum atomic E-state index is 13.3. The number of ketones is 1. The predicted molar refractivity (Wildman–Crippen MR) is 111 cm³/mol. The second kappa shape index (κ2) is 7.98. The molecule has 2 aliphatic rings. The molecule has 0 bridgehead atoms. The van der Waals surface area contributed by atoms with E-state index in [9.17, 15) is 19.7 Å². The average molecular weight is 404 g/mol.